The fourth-order valence-electron chi connectivity index (χ4n) is 2.60. The van der Waals surface area contributed by atoms with E-state index in [9.17, 15) is 4.79 Å². The molecule has 0 bridgehead atoms. The number of amides is 1. The van der Waals surface area contributed by atoms with Gasteiger partial charge >= 0.3 is 0 Å². The minimum atomic E-state index is 0.0406. The van der Waals surface area contributed by atoms with E-state index in [0.717, 1.165) is 23.3 Å². The average molecular weight is 357 g/mol. The first kappa shape index (κ1) is 19.6. The lowest BCUT2D eigenvalue weighted by atomic mass is 10.1. The topological polar surface area (TPSA) is 56.8 Å². The summed E-state index contributed by atoms with van der Waals surface area (Å²) in [5.74, 6) is 2.32. The zero-order valence-electron chi connectivity index (χ0n) is 15.7. The van der Waals surface area contributed by atoms with E-state index >= 15 is 0 Å². The van der Waals surface area contributed by atoms with Crippen LogP contribution in [0.4, 0.5) is 0 Å². The number of ether oxygens (including phenoxy) is 3. The Balaban J connectivity index is 1.65. The predicted octanol–water partition coefficient (Wildman–Crippen LogP) is 3.53. The lowest BCUT2D eigenvalue weighted by Gasteiger charge is -2.10. The van der Waals surface area contributed by atoms with Crippen LogP contribution in [0, 0.1) is 6.92 Å². The smallest absolute Gasteiger partial charge is 0.220 e. The number of hydrogen-bond acceptors (Lipinski definition) is 4. The summed E-state index contributed by atoms with van der Waals surface area (Å²) >= 11 is 0. The molecule has 2 aromatic rings. The molecule has 0 aliphatic carbocycles. The third-order valence-corrected chi connectivity index (χ3v) is 4.08. The van der Waals surface area contributed by atoms with Crippen LogP contribution in [0.2, 0.25) is 0 Å². The Morgan fingerprint density at radius 2 is 1.77 bits per heavy atom. The van der Waals surface area contributed by atoms with Gasteiger partial charge in [-0.25, -0.2) is 0 Å². The maximum absolute atomic E-state index is 11.9. The van der Waals surface area contributed by atoms with Gasteiger partial charge in [0.25, 0.3) is 0 Å². The fourth-order valence-corrected chi connectivity index (χ4v) is 2.60. The molecule has 0 fully saturated rings. The molecule has 0 aliphatic rings. The maximum Gasteiger partial charge on any atom is 0.220 e. The van der Waals surface area contributed by atoms with Crippen molar-refractivity contribution in [3.05, 3.63) is 53.6 Å². The molecule has 2 aromatic carbocycles. The highest BCUT2D eigenvalue weighted by Gasteiger charge is 2.06. The molecule has 5 nitrogen and oxygen atoms in total. The summed E-state index contributed by atoms with van der Waals surface area (Å²) in [4.78, 5) is 11.9. The molecular formula is C21H27NO4. The van der Waals surface area contributed by atoms with E-state index in [4.69, 9.17) is 14.2 Å². The monoisotopic (exact) mass is 357 g/mol. The van der Waals surface area contributed by atoms with Crippen molar-refractivity contribution < 1.29 is 19.0 Å². The summed E-state index contributed by atoms with van der Waals surface area (Å²) in [6.45, 7) is 3.14. The van der Waals surface area contributed by atoms with Gasteiger partial charge in [-0.2, -0.15) is 0 Å². The van der Waals surface area contributed by atoms with Crippen molar-refractivity contribution in [2.45, 2.75) is 26.2 Å². The number of benzene rings is 2. The van der Waals surface area contributed by atoms with Crippen LogP contribution >= 0.6 is 0 Å². The molecule has 26 heavy (non-hydrogen) atoms. The number of hydrogen-bond donors (Lipinski definition) is 1. The number of aryl methyl sites for hydroxylation is 1. The van der Waals surface area contributed by atoms with Crippen molar-refractivity contribution in [3.8, 4) is 17.2 Å². The molecule has 0 saturated heterocycles. The predicted molar refractivity (Wildman–Crippen MR) is 102 cm³/mol. The second kappa shape index (κ2) is 10.3. The number of carbonyl (C=O) groups is 1. The van der Waals surface area contributed by atoms with E-state index in [1.165, 1.54) is 0 Å². The fraction of sp³-hybridized carbons (Fsp3) is 0.381. The molecule has 0 atom stereocenters. The standard InChI is InChI=1S/C21H27NO4/c1-16-7-4-5-8-18(16)26-14-6-9-21(23)22-13-12-17-10-11-19(24-2)20(15-17)25-3/h4-5,7-8,10-11,15H,6,9,12-14H2,1-3H3,(H,22,23). The van der Waals surface area contributed by atoms with Crippen molar-refractivity contribution >= 4 is 5.91 Å². The first-order valence-corrected chi connectivity index (χ1v) is 8.80. The van der Waals surface area contributed by atoms with Crippen LogP contribution < -0.4 is 19.5 Å². The van der Waals surface area contributed by atoms with E-state index < -0.39 is 0 Å². The van der Waals surface area contributed by atoms with Gasteiger partial charge in [0.1, 0.15) is 5.75 Å². The van der Waals surface area contributed by atoms with Gasteiger partial charge in [0.2, 0.25) is 5.91 Å². The molecule has 0 unspecified atom stereocenters. The summed E-state index contributed by atoms with van der Waals surface area (Å²) < 4.78 is 16.2. The third kappa shape index (κ3) is 5.99. The largest absolute Gasteiger partial charge is 0.493 e. The minimum Gasteiger partial charge on any atom is -0.493 e. The lowest BCUT2D eigenvalue weighted by Crippen LogP contribution is -2.25. The Morgan fingerprint density at radius 1 is 1.00 bits per heavy atom. The highest BCUT2D eigenvalue weighted by molar-refractivity contribution is 5.75. The Morgan fingerprint density at radius 3 is 2.50 bits per heavy atom. The second-order valence-electron chi connectivity index (χ2n) is 6.01. The average Bonchev–Trinajstić information content (AvgIpc) is 2.66. The molecule has 0 radical (unpaired) electrons. The van der Waals surface area contributed by atoms with Crippen LogP contribution in [0.5, 0.6) is 17.2 Å². The molecule has 5 heteroatoms. The number of nitrogens with one attached hydrogen (secondary N) is 1. The van der Waals surface area contributed by atoms with Gasteiger partial charge in [-0.05, 0) is 49.1 Å². The van der Waals surface area contributed by atoms with Crippen molar-refractivity contribution in [2.75, 3.05) is 27.4 Å². The molecular weight excluding hydrogens is 330 g/mol. The van der Waals surface area contributed by atoms with Crippen molar-refractivity contribution in [2.24, 2.45) is 0 Å². The Bertz CT molecular complexity index is 715. The minimum absolute atomic E-state index is 0.0406. The van der Waals surface area contributed by atoms with Crippen LogP contribution in [0.25, 0.3) is 0 Å². The van der Waals surface area contributed by atoms with E-state index in [-0.39, 0.29) is 5.91 Å². The molecule has 2 rings (SSSR count). The quantitative estimate of drug-likeness (QED) is 0.661. The zero-order valence-corrected chi connectivity index (χ0v) is 15.7. The van der Waals surface area contributed by atoms with E-state index in [2.05, 4.69) is 5.32 Å². The molecule has 0 heterocycles. The SMILES string of the molecule is COc1ccc(CCNC(=O)CCCOc2ccccc2C)cc1OC. The molecule has 1 amide bonds. The zero-order chi connectivity index (χ0) is 18.8. The molecule has 140 valence electrons. The third-order valence-electron chi connectivity index (χ3n) is 4.08. The normalized spacial score (nSPS) is 10.3. The summed E-state index contributed by atoms with van der Waals surface area (Å²) in [5, 5.41) is 2.94. The van der Waals surface area contributed by atoms with Crippen molar-refractivity contribution in [1.82, 2.24) is 5.32 Å². The van der Waals surface area contributed by atoms with Crippen molar-refractivity contribution in [1.29, 1.82) is 0 Å². The second-order valence-corrected chi connectivity index (χ2v) is 6.01. The highest BCUT2D eigenvalue weighted by Crippen LogP contribution is 2.27. The van der Waals surface area contributed by atoms with Crippen LogP contribution in [0.15, 0.2) is 42.5 Å². The lowest BCUT2D eigenvalue weighted by molar-refractivity contribution is -0.121. The molecule has 0 aromatic heterocycles. The van der Waals surface area contributed by atoms with Crippen LogP contribution in [0.3, 0.4) is 0 Å². The number of para-hydroxylation sites is 1. The summed E-state index contributed by atoms with van der Waals surface area (Å²) in [7, 11) is 3.23. The number of carbonyl (C=O) groups excluding carboxylic acids is 1. The van der Waals surface area contributed by atoms with E-state index in [1.807, 2.05) is 49.4 Å². The Labute approximate surface area is 155 Å². The van der Waals surface area contributed by atoms with Crippen LogP contribution in [0.1, 0.15) is 24.0 Å². The number of rotatable bonds is 10. The van der Waals surface area contributed by atoms with E-state index in [1.54, 1.807) is 14.2 Å². The summed E-state index contributed by atoms with van der Waals surface area (Å²) in [5.41, 5.74) is 2.19. The Kier molecular flexibility index (Phi) is 7.80. The van der Waals surface area contributed by atoms with Crippen LogP contribution in [-0.4, -0.2) is 33.3 Å². The van der Waals surface area contributed by atoms with Gasteiger partial charge in [0.05, 0.1) is 20.8 Å². The van der Waals surface area contributed by atoms with Gasteiger partial charge in [-0.3, -0.25) is 4.79 Å². The van der Waals surface area contributed by atoms with Gasteiger partial charge in [-0.1, -0.05) is 24.3 Å². The highest BCUT2D eigenvalue weighted by atomic mass is 16.5. The molecule has 1 N–H and O–H groups in total. The van der Waals surface area contributed by atoms with Crippen molar-refractivity contribution in [3.63, 3.8) is 0 Å². The first-order valence-electron chi connectivity index (χ1n) is 8.80. The van der Waals surface area contributed by atoms with Crippen LogP contribution in [-0.2, 0) is 11.2 Å². The summed E-state index contributed by atoms with van der Waals surface area (Å²) in [6.07, 6.45) is 1.89. The van der Waals surface area contributed by atoms with Gasteiger partial charge in [0, 0.05) is 13.0 Å². The number of methoxy groups -OCH3 is 2. The molecule has 0 spiro atoms. The molecule has 0 aliphatic heterocycles. The van der Waals surface area contributed by atoms with E-state index in [0.29, 0.717) is 37.5 Å². The Hall–Kier alpha value is -2.69. The maximum atomic E-state index is 11.9. The first-order chi connectivity index (χ1) is 12.6. The molecule has 0 saturated carbocycles. The van der Waals surface area contributed by atoms with Gasteiger partial charge < -0.3 is 19.5 Å². The van der Waals surface area contributed by atoms with Gasteiger partial charge in [0.15, 0.2) is 11.5 Å². The van der Waals surface area contributed by atoms with Gasteiger partial charge in [-0.15, -0.1) is 0 Å². The summed E-state index contributed by atoms with van der Waals surface area (Å²) in [6, 6.07) is 13.7.